The lowest BCUT2D eigenvalue weighted by Crippen LogP contribution is -2.25. The van der Waals surface area contributed by atoms with Gasteiger partial charge in [-0.15, -0.1) is 0 Å². The van der Waals surface area contributed by atoms with E-state index in [1.165, 1.54) is 0 Å². The van der Waals surface area contributed by atoms with Crippen LogP contribution in [-0.4, -0.2) is 30.1 Å². The van der Waals surface area contributed by atoms with Gasteiger partial charge in [-0.1, -0.05) is 30.3 Å². The maximum Gasteiger partial charge on any atom is 0.137 e. The van der Waals surface area contributed by atoms with E-state index < -0.39 is 0 Å². The minimum atomic E-state index is -0.324. The maximum absolute atomic E-state index is 11.6. The van der Waals surface area contributed by atoms with Gasteiger partial charge in [0.05, 0.1) is 6.10 Å². The Morgan fingerprint density at radius 3 is 2.71 bits per heavy atom. The van der Waals surface area contributed by atoms with Crippen LogP contribution >= 0.6 is 0 Å². The fourth-order valence-electron chi connectivity index (χ4n) is 1.63. The number of ketones is 1. The molecule has 1 aromatic carbocycles. The minimum absolute atomic E-state index is 0.273. The third-order valence-corrected chi connectivity index (χ3v) is 2.49. The molecule has 94 valence electrons. The van der Waals surface area contributed by atoms with Gasteiger partial charge in [0.25, 0.3) is 0 Å². The molecule has 1 atom stereocenters. The number of Topliss-reactive ketones (excluding diaryl/α,β-unsaturated/α-hetero) is 1. The molecular formula is C14H21NO2. The number of hydrogen-bond donors (Lipinski definition) is 2. The zero-order chi connectivity index (χ0) is 12.5. The van der Waals surface area contributed by atoms with Crippen LogP contribution in [0.5, 0.6) is 0 Å². The van der Waals surface area contributed by atoms with E-state index in [9.17, 15) is 4.79 Å². The highest BCUT2D eigenvalue weighted by Gasteiger charge is 2.03. The molecule has 0 saturated heterocycles. The molecule has 2 N–H and O–H groups in total. The highest BCUT2D eigenvalue weighted by atomic mass is 16.3. The minimum Gasteiger partial charge on any atom is -0.392 e. The summed E-state index contributed by atoms with van der Waals surface area (Å²) in [5.41, 5.74) is 1.08. The SMILES string of the molecule is CC(O)CNCCCC(=O)Cc1ccccc1. The molecule has 1 unspecified atom stereocenters. The lowest BCUT2D eigenvalue weighted by atomic mass is 10.1. The number of hydrogen-bond acceptors (Lipinski definition) is 3. The van der Waals surface area contributed by atoms with Crippen LogP contribution in [-0.2, 0) is 11.2 Å². The van der Waals surface area contributed by atoms with Crippen molar-refractivity contribution < 1.29 is 9.90 Å². The lowest BCUT2D eigenvalue weighted by molar-refractivity contribution is -0.118. The molecule has 0 saturated carbocycles. The van der Waals surface area contributed by atoms with Gasteiger partial charge in [0.15, 0.2) is 0 Å². The predicted molar refractivity (Wildman–Crippen MR) is 68.9 cm³/mol. The van der Waals surface area contributed by atoms with E-state index in [4.69, 9.17) is 5.11 Å². The average Bonchev–Trinajstić information content (AvgIpc) is 2.29. The number of rotatable bonds is 8. The van der Waals surface area contributed by atoms with Crippen molar-refractivity contribution in [1.29, 1.82) is 0 Å². The van der Waals surface area contributed by atoms with Crippen LogP contribution in [0.2, 0.25) is 0 Å². The van der Waals surface area contributed by atoms with E-state index in [0.29, 0.717) is 19.4 Å². The third kappa shape index (κ3) is 6.87. The Labute approximate surface area is 103 Å². The molecule has 0 radical (unpaired) electrons. The summed E-state index contributed by atoms with van der Waals surface area (Å²) in [6.07, 6.45) is 1.63. The number of benzene rings is 1. The normalized spacial score (nSPS) is 12.4. The van der Waals surface area contributed by atoms with E-state index in [1.54, 1.807) is 6.92 Å². The van der Waals surface area contributed by atoms with Crippen molar-refractivity contribution in [3.63, 3.8) is 0 Å². The average molecular weight is 235 g/mol. The molecule has 0 fully saturated rings. The number of carbonyl (C=O) groups excluding carboxylic acids is 1. The van der Waals surface area contributed by atoms with E-state index in [0.717, 1.165) is 18.5 Å². The summed E-state index contributed by atoms with van der Waals surface area (Å²) in [7, 11) is 0. The molecule has 3 heteroatoms. The summed E-state index contributed by atoms with van der Waals surface area (Å²) in [4.78, 5) is 11.6. The fourth-order valence-corrected chi connectivity index (χ4v) is 1.63. The zero-order valence-electron chi connectivity index (χ0n) is 10.4. The van der Waals surface area contributed by atoms with Crippen molar-refractivity contribution in [2.24, 2.45) is 0 Å². The summed E-state index contributed by atoms with van der Waals surface area (Å²) >= 11 is 0. The molecular weight excluding hydrogens is 214 g/mol. The molecule has 0 aliphatic carbocycles. The Hall–Kier alpha value is -1.19. The Bertz CT molecular complexity index is 322. The van der Waals surface area contributed by atoms with Gasteiger partial charge in [0.2, 0.25) is 0 Å². The van der Waals surface area contributed by atoms with Crippen LogP contribution in [0.1, 0.15) is 25.3 Å². The topological polar surface area (TPSA) is 49.3 Å². The molecule has 0 aliphatic rings. The van der Waals surface area contributed by atoms with Gasteiger partial charge < -0.3 is 10.4 Å². The first-order chi connectivity index (χ1) is 8.18. The van der Waals surface area contributed by atoms with Gasteiger partial charge in [-0.2, -0.15) is 0 Å². The van der Waals surface area contributed by atoms with E-state index in [-0.39, 0.29) is 11.9 Å². The molecule has 0 heterocycles. The Kier molecular flexibility index (Phi) is 6.51. The molecule has 0 spiro atoms. The van der Waals surface area contributed by atoms with Crippen molar-refractivity contribution in [2.45, 2.75) is 32.3 Å². The summed E-state index contributed by atoms with van der Waals surface area (Å²) in [5, 5.41) is 12.1. The molecule has 1 rings (SSSR count). The second-order valence-electron chi connectivity index (χ2n) is 4.36. The molecule has 17 heavy (non-hydrogen) atoms. The van der Waals surface area contributed by atoms with Crippen molar-refractivity contribution in [3.05, 3.63) is 35.9 Å². The van der Waals surface area contributed by atoms with E-state index >= 15 is 0 Å². The molecule has 0 bridgehead atoms. The highest BCUT2D eigenvalue weighted by molar-refractivity contribution is 5.80. The van der Waals surface area contributed by atoms with Crippen LogP contribution in [0.4, 0.5) is 0 Å². The highest BCUT2D eigenvalue weighted by Crippen LogP contribution is 2.02. The number of aliphatic hydroxyl groups excluding tert-OH is 1. The van der Waals surface area contributed by atoms with Crippen molar-refractivity contribution in [2.75, 3.05) is 13.1 Å². The quantitative estimate of drug-likeness (QED) is 0.672. The summed E-state index contributed by atoms with van der Waals surface area (Å²) < 4.78 is 0. The van der Waals surface area contributed by atoms with Gasteiger partial charge in [-0.25, -0.2) is 0 Å². The number of carbonyl (C=O) groups is 1. The van der Waals surface area contributed by atoms with Gasteiger partial charge in [-0.3, -0.25) is 4.79 Å². The smallest absolute Gasteiger partial charge is 0.137 e. The summed E-state index contributed by atoms with van der Waals surface area (Å²) in [6.45, 7) is 3.12. The van der Waals surface area contributed by atoms with Gasteiger partial charge in [0.1, 0.15) is 5.78 Å². The Morgan fingerprint density at radius 2 is 2.06 bits per heavy atom. The standard InChI is InChI=1S/C14H21NO2/c1-12(16)11-15-9-5-8-14(17)10-13-6-3-2-4-7-13/h2-4,6-7,12,15-16H,5,8-11H2,1H3. The first-order valence-electron chi connectivity index (χ1n) is 6.13. The van der Waals surface area contributed by atoms with E-state index in [2.05, 4.69) is 5.32 Å². The molecule has 0 amide bonds. The predicted octanol–water partition coefficient (Wildman–Crippen LogP) is 1.55. The largest absolute Gasteiger partial charge is 0.392 e. The van der Waals surface area contributed by atoms with E-state index in [1.807, 2.05) is 30.3 Å². The third-order valence-electron chi connectivity index (χ3n) is 2.49. The first kappa shape index (κ1) is 13.9. The van der Waals surface area contributed by atoms with Crippen molar-refractivity contribution >= 4 is 5.78 Å². The monoisotopic (exact) mass is 235 g/mol. The zero-order valence-corrected chi connectivity index (χ0v) is 10.4. The van der Waals surface area contributed by atoms with Crippen LogP contribution in [0, 0.1) is 0 Å². The maximum atomic E-state index is 11.6. The molecule has 0 aliphatic heterocycles. The second kappa shape index (κ2) is 7.98. The molecule has 3 nitrogen and oxygen atoms in total. The van der Waals surface area contributed by atoms with Crippen LogP contribution < -0.4 is 5.32 Å². The van der Waals surface area contributed by atoms with Crippen molar-refractivity contribution in [1.82, 2.24) is 5.32 Å². The van der Waals surface area contributed by atoms with Crippen molar-refractivity contribution in [3.8, 4) is 0 Å². The summed E-state index contributed by atoms with van der Waals surface area (Å²) in [5.74, 6) is 0.273. The molecule has 0 aromatic heterocycles. The second-order valence-corrected chi connectivity index (χ2v) is 4.36. The van der Waals surface area contributed by atoms with Crippen LogP contribution in [0.25, 0.3) is 0 Å². The number of aliphatic hydroxyl groups is 1. The fraction of sp³-hybridized carbons (Fsp3) is 0.500. The van der Waals surface area contributed by atoms with Crippen LogP contribution in [0.15, 0.2) is 30.3 Å². The van der Waals surface area contributed by atoms with Gasteiger partial charge >= 0.3 is 0 Å². The first-order valence-corrected chi connectivity index (χ1v) is 6.13. The summed E-state index contributed by atoms with van der Waals surface area (Å²) in [6, 6.07) is 9.81. The lowest BCUT2D eigenvalue weighted by Gasteiger charge is -2.06. The Balaban J connectivity index is 2.10. The van der Waals surface area contributed by atoms with Gasteiger partial charge in [-0.05, 0) is 25.5 Å². The number of nitrogens with one attached hydrogen (secondary N) is 1. The molecule has 1 aromatic rings. The van der Waals surface area contributed by atoms with Crippen LogP contribution in [0.3, 0.4) is 0 Å². The Morgan fingerprint density at radius 1 is 1.35 bits per heavy atom. The van der Waals surface area contributed by atoms with Gasteiger partial charge in [0, 0.05) is 19.4 Å².